The van der Waals surface area contributed by atoms with Gasteiger partial charge < -0.3 is 9.05 Å². The van der Waals surface area contributed by atoms with Crippen molar-refractivity contribution in [3.05, 3.63) is 50.4 Å². The van der Waals surface area contributed by atoms with E-state index in [1.807, 2.05) is 30.3 Å². The average molecular weight is 386 g/mol. The fraction of sp³-hybridized carbons (Fsp3) is 0. The number of hydrogen-bond donors (Lipinski definition) is 0. The van der Waals surface area contributed by atoms with Gasteiger partial charge in [-0.2, -0.15) is 0 Å². The van der Waals surface area contributed by atoms with Gasteiger partial charge in [0.2, 0.25) is 0 Å². The number of benzene rings is 2. The Balaban J connectivity index is 2.16. The first-order valence-corrected chi connectivity index (χ1v) is 9.50. The van der Waals surface area contributed by atoms with E-state index in [2.05, 4.69) is 0 Å². The molecule has 2 nitrogen and oxygen atoms in total. The highest BCUT2D eigenvalue weighted by Crippen LogP contribution is 2.64. The Labute approximate surface area is 140 Å². The van der Waals surface area contributed by atoms with Crippen LogP contribution in [0.15, 0.2) is 30.3 Å². The van der Waals surface area contributed by atoms with Crippen LogP contribution in [-0.2, 0) is 11.8 Å². The molecule has 1 heterocycles. The van der Waals surface area contributed by atoms with Gasteiger partial charge in [0.1, 0.15) is 10.0 Å². The molecule has 0 saturated carbocycles. The van der Waals surface area contributed by atoms with Gasteiger partial charge in [0.25, 0.3) is 0 Å². The molecule has 0 N–H and O–H groups in total. The standard InChI is InChI=1S/C12H5Cl4O2PS/c13-7-8(14)10(16)12-11(9(7)15)17-19(20,18-12)6-4-2-1-3-5-6/h1-5H. The zero-order valence-electron chi connectivity index (χ0n) is 9.57. The highest BCUT2D eigenvalue weighted by atomic mass is 35.5. The van der Waals surface area contributed by atoms with Crippen LogP contribution in [0.4, 0.5) is 0 Å². The van der Waals surface area contributed by atoms with Crippen molar-refractivity contribution in [2.45, 2.75) is 0 Å². The van der Waals surface area contributed by atoms with Crippen molar-refractivity contribution in [1.82, 2.24) is 0 Å². The van der Waals surface area contributed by atoms with Crippen LogP contribution >= 0.6 is 52.9 Å². The summed E-state index contributed by atoms with van der Waals surface area (Å²) < 4.78 is 11.5. The Morgan fingerprint density at radius 3 is 1.65 bits per heavy atom. The van der Waals surface area contributed by atoms with Gasteiger partial charge in [-0.05, 0) is 23.9 Å². The van der Waals surface area contributed by atoms with Gasteiger partial charge in [0.05, 0.1) is 15.3 Å². The molecular weight excluding hydrogens is 381 g/mol. The van der Waals surface area contributed by atoms with Crippen molar-refractivity contribution in [1.29, 1.82) is 0 Å². The van der Waals surface area contributed by atoms with E-state index < -0.39 is 6.49 Å². The van der Waals surface area contributed by atoms with E-state index in [0.29, 0.717) is 0 Å². The summed E-state index contributed by atoms with van der Waals surface area (Å²) in [6, 6.07) is 9.24. The monoisotopic (exact) mass is 384 g/mol. The molecule has 1 aliphatic heterocycles. The van der Waals surface area contributed by atoms with Crippen LogP contribution in [0, 0.1) is 0 Å². The average Bonchev–Trinajstić information content (AvgIpc) is 2.83. The Morgan fingerprint density at radius 2 is 1.20 bits per heavy atom. The van der Waals surface area contributed by atoms with Crippen molar-refractivity contribution in [2.24, 2.45) is 0 Å². The Hall–Kier alpha value is -0.150. The molecule has 0 aromatic heterocycles. The Morgan fingerprint density at radius 1 is 0.750 bits per heavy atom. The quantitative estimate of drug-likeness (QED) is 0.356. The smallest absolute Gasteiger partial charge is 0.319 e. The maximum Gasteiger partial charge on any atom is 0.319 e. The van der Waals surface area contributed by atoms with Gasteiger partial charge in [-0.3, -0.25) is 0 Å². The lowest BCUT2D eigenvalue weighted by Crippen LogP contribution is -2.09. The van der Waals surface area contributed by atoms with Crippen LogP contribution in [0.1, 0.15) is 0 Å². The van der Waals surface area contributed by atoms with Crippen LogP contribution in [0.25, 0.3) is 0 Å². The molecule has 0 bridgehead atoms. The van der Waals surface area contributed by atoms with Gasteiger partial charge in [-0.15, -0.1) is 0 Å². The highest BCUT2D eigenvalue weighted by Gasteiger charge is 2.39. The molecule has 1 aliphatic rings. The lowest BCUT2D eigenvalue weighted by molar-refractivity contribution is 0.584. The van der Waals surface area contributed by atoms with Gasteiger partial charge >= 0.3 is 6.49 Å². The number of rotatable bonds is 1. The minimum atomic E-state index is -2.75. The summed E-state index contributed by atoms with van der Waals surface area (Å²) in [6.07, 6.45) is 0. The maximum absolute atomic E-state index is 6.12. The molecule has 104 valence electrons. The zero-order chi connectivity index (χ0) is 14.5. The molecule has 0 radical (unpaired) electrons. The largest absolute Gasteiger partial charge is 0.426 e. The number of fused-ring (bicyclic) bond motifs is 1. The lowest BCUT2D eigenvalue weighted by Gasteiger charge is -2.13. The lowest BCUT2D eigenvalue weighted by atomic mass is 10.3. The van der Waals surface area contributed by atoms with Crippen molar-refractivity contribution in [2.75, 3.05) is 0 Å². The minimum Gasteiger partial charge on any atom is -0.426 e. The van der Waals surface area contributed by atoms with Crippen LogP contribution in [-0.4, -0.2) is 0 Å². The molecule has 2 aromatic rings. The second kappa shape index (κ2) is 5.24. The molecule has 20 heavy (non-hydrogen) atoms. The summed E-state index contributed by atoms with van der Waals surface area (Å²) in [5.41, 5.74) is 0. The molecule has 0 amide bonds. The molecule has 0 atom stereocenters. The second-order valence-electron chi connectivity index (χ2n) is 3.93. The Bertz CT molecular complexity index is 710. The Kier molecular flexibility index (Phi) is 3.87. The second-order valence-corrected chi connectivity index (χ2v) is 8.76. The molecule has 3 rings (SSSR count). The van der Waals surface area contributed by atoms with Gasteiger partial charge in [-0.25, -0.2) is 0 Å². The molecule has 0 aliphatic carbocycles. The van der Waals surface area contributed by atoms with E-state index >= 15 is 0 Å². The zero-order valence-corrected chi connectivity index (χ0v) is 14.3. The molecule has 0 saturated heterocycles. The summed E-state index contributed by atoms with van der Waals surface area (Å²) in [4.78, 5) is 0. The summed E-state index contributed by atoms with van der Waals surface area (Å²) >= 11 is 29.8. The first-order valence-electron chi connectivity index (χ1n) is 5.35. The van der Waals surface area contributed by atoms with Crippen LogP contribution in [0.2, 0.25) is 20.1 Å². The van der Waals surface area contributed by atoms with Gasteiger partial charge in [-0.1, -0.05) is 64.6 Å². The number of halogens is 4. The summed E-state index contributed by atoms with van der Waals surface area (Å²) in [6.45, 7) is -2.75. The summed E-state index contributed by atoms with van der Waals surface area (Å²) in [5.74, 6) is 0.497. The summed E-state index contributed by atoms with van der Waals surface area (Å²) in [5, 5.41) is 1.30. The van der Waals surface area contributed by atoms with E-state index in [4.69, 9.17) is 67.3 Å². The molecule has 8 heteroatoms. The molecule has 0 fully saturated rings. The van der Waals surface area contributed by atoms with E-state index in [0.717, 1.165) is 5.30 Å². The number of hydrogen-bond acceptors (Lipinski definition) is 3. The van der Waals surface area contributed by atoms with Crippen LogP contribution < -0.4 is 14.4 Å². The van der Waals surface area contributed by atoms with Crippen molar-refractivity contribution >= 4 is 70.0 Å². The normalized spacial score (nSPS) is 15.4. The van der Waals surface area contributed by atoms with Crippen molar-refractivity contribution < 1.29 is 9.05 Å². The topological polar surface area (TPSA) is 18.5 Å². The molecular formula is C12H5Cl4O2PS. The fourth-order valence-electron chi connectivity index (χ4n) is 1.73. The third kappa shape index (κ3) is 2.21. The van der Waals surface area contributed by atoms with E-state index in [1.165, 1.54) is 0 Å². The van der Waals surface area contributed by atoms with E-state index in [-0.39, 0.29) is 31.6 Å². The minimum absolute atomic E-state index is 0.122. The van der Waals surface area contributed by atoms with E-state index in [9.17, 15) is 0 Å². The van der Waals surface area contributed by atoms with Gasteiger partial charge in [0, 0.05) is 0 Å². The predicted octanol–water partition coefficient (Wildman–Crippen LogP) is 5.71. The molecule has 0 unspecified atom stereocenters. The maximum atomic E-state index is 6.12. The van der Waals surface area contributed by atoms with E-state index in [1.54, 1.807) is 0 Å². The van der Waals surface area contributed by atoms with Crippen molar-refractivity contribution in [3.8, 4) is 11.5 Å². The first-order chi connectivity index (χ1) is 9.44. The highest BCUT2D eigenvalue weighted by molar-refractivity contribution is 8.14. The summed E-state index contributed by atoms with van der Waals surface area (Å²) in [7, 11) is 0. The molecule has 0 spiro atoms. The van der Waals surface area contributed by atoms with Crippen LogP contribution in [0.3, 0.4) is 0 Å². The van der Waals surface area contributed by atoms with Crippen molar-refractivity contribution in [3.63, 3.8) is 0 Å². The molecule has 2 aromatic carbocycles. The SMILES string of the molecule is S=P1(c2ccccc2)Oc2c(Cl)c(Cl)c(Cl)c(Cl)c2O1. The van der Waals surface area contributed by atoms with Gasteiger partial charge in [0.15, 0.2) is 11.5 Å². The fourth-order valence-corrected chi connectivity index (χ4v) is 5.16. The third-order valence-corrected chi connectivity index (χ3v) is 7.30. The van der Waals surface area contributed by atoms with Crippen LogP contribution in [0.5, 0.6) is 11.5 Å². The first kappa shape index (κ1) is 14.8. The predicted molar refractivity (Wildman–Crippen MR) is 88.1 cm³/mol. The third-order valence-electron chi connectivity index (χ3n) is 2.68.